The summed E-state index contributed by atoms with van der Waals surface area (Å²) >= 11 is 1.27. The van der Waals surface area contributed by atoms with Crippen molar-refractivity contribution in [2.24, 2.45) is 0 Å². The van der Waals surface area contributed by atoms with Crippen LogP contribution in [0.5, 0.6) is 0 Å². The van der Waals surface area contributed by atoms with Gasteiger partial charge in [0.25, 0.3) is 5.56 Å². The van der Waals surface area contributed by atoms with Gasteiger partial charge in [0, 0.05) is 12.7 Å². The van der Waals surface area contributed by atoms with Gasteiger partial charge in [-0.1, -0.05) is 30.3 Å². The van der Waals surface area contributed by atoms with Gasteiger partial charge in [0.2, 0.25) is 5.91 Å². The van der Waals surface area contributed by atoms with Crippen molar-refractivity contribution in [2.75, 3.05) is 11.9 Å². The molecular formula is C23H21N3O3S. The minimum atomic E-state index is -0.522. The zero-order valence-electron chi connectivity index (χ0n) is 17.0. The first kappa shape index (κ1) is 19.8. The largest absolute Gasteiger partial charge is 0.336 e. The van der Waals surface area contributed by atoms with Crippen LogP contribution >= 0.6 is 11.3 Å². The molecule has 2 aromatic heterocycles. The number of likely N-dealkylation sites (N-methyl/N-ethyl adjacent to an activating group) is 1. The highest BCUT2D eigenvalue weighted by Crippen LogP contribution is 2.19. The molecule has 30 heavy (non-hydrogen) atoms. The lowest BCUT2D eigenvalue weighted by atomic mass is 10.2. The first-order chi connectivity index (χ1) is 14.4. The van der Waals surface area contributed by atoms with Crippen LogP contribution in [0.3, 0.4) is 0 Å². The van der Waals surface area contributed by atoms with Gasteiger partial charge in [0.1, 0.15) is 11.2 Å². The second-order valence-corrected chi connectivity index (χ2v) is 8.14. The Kier molecular flexibility index (Phi) is 5.13. The Bertz CT molecular complexity index is 1380. The summed E-state index contributed by atoms with van der Waals surface area (Å²) in [4.78, 5) is 41.0. The number of aryl methyl sites for hydroxylation is 2. The molecule has 0 saturated carbocycles. The molecule has 0 atom stereocenters. The SMILES string of the molecule is Cc1cccc(N(C)C(=O)Cn2c(=O)n(-c3ccccc3C)c(=O)c3sccc32)c1. The van der Waals surface area contributed by atoms with Gasteiger partial charge in [-0.3, -0.25) is 14.2 Å². The topological polar surface area (TPSA) is 64.3 Å². The standard InChI is InChI=1S/C23H21N3O3S/c1-15-7-6-9-17(13-15)24(3)20(27)14-25-19-11-12-30-21(19)22(28)26(23(25)29)18-10-5-4-8-16(18)2/h4-13H,14H2,1-3H3. The number of benzene rings is 2. The van der Waals surface area contributed by atoms with Crippen LogP contribution in [0.4, 0.5) is 5.69 Å². The molecule has 0 fully saturated rings. The van der Waals surface area contributed by atoms with E-state index in [0.29, 0.717) is 15.9 Å². The number of fused-ring (bicyclic) bond motifs is 1. The van der Waals surface area contributed by atoms with Gasteiger partial charge in [-0.15, -0.1) is 11.3 Å². The fourth-order valence-electron chi connectivity index (χ4n) is 3.49. The molecule has 0 N–H and O–H groups in total. The number of thiophene rings is 1. The van der Waals surface area contributed by atoms with E-state index in [0.717, 1.165) is 21.4 Å². The summed E-state index contributed by atoms with van der Waals surface area (Å²) in [6, 6.07) is 16.5. The van der Waals surface area contributed by atoms with Gasteiger partial charge >= 0.3 is 5.69 Å². The number of rotatable bonds is 4. The van der Waals surface area contributed by atoms with Crippen LogP contribution in [0.2, 0.25) is 0 Å². The number of carbonyl (C=O) groups excluding carboxylic acids is 1. The van der Waals surface area contributed by atoms with E-state index in [9.17, 15) is 14.4 Å². The number of anilines is 1. The zero-order chi connectivity index (χ0) is 21.4. The number of aromatic nitrogens is 2. The quantitative estimate of drug-likeness (QED) is 0.509. The van der Waals surface area contributed by atoms with Crippen molar-refractivity contribution in [1.82, 2.24) is 9.13 Å². The summed E-state index contributed by atoms with van der Waals surface area (Å²) in [6.45, 7) is 3.64. The minimum Gasteiger partial charge on any atom is -0.314 e. The van der Waals surface area contributed by atoms with Crippen molar-refractivity contribution < 1.29 is 4.79 Å². The fraction of sp³-hybridized carbons (Fsp3) is 0.174. The van der Waals surface area contributed by atoms with Crippen LogP contribution in [0.25, 0.3) is 15.9 Å². The predicted octanol–water partition coefficient (Wildman–Crippen LogP) is 3.49. The van der Waals surface area contributed by atoms with Crippen LogP contribution < -0.4 is 16.1 Å². The normalized spacial score (nSPS) is 11.0. The van der Waals surface area contributed by atoms with Crippen molar-refractivity contribution >= 4 is 33.1 Å². The number of hydrogen-bond acceptors (Lipinski definition) is 4. The maximum absolute atomic E-state index is 13.4. The molecule has 2 aromatic carbocycles. The predicted molar refractivity (Wildman–Crippen MR) is 121 cm³/mol. The summed E-state index contributed by atoms with van der Waals surface area (Å²) in [5, 5.41) is 1.76. The average Bonchev–Trinajstić information content (AvgIpc) is 3.22. The number of nitrogens with zero attached hydrogens (tertiary/aromatic N) is 3. The van der Waals surface area contributed by atoms with Crippen molar-refractivity contribution in [3.63, 3.8) is 0 Å². The third kappa shape index (κ3) is 3.37. The maximum Gasteiger partial charge on any atom is 0.336 e. The van der Waals surface area contributed by atoms with Crippen LogP contribution in [-0.4, -0.2) is 22.1 Å². The van der Waals surface area contributed by atoms with Crippen LogP contribution in [0.15, 0.2) is 69.6 Å². The van der Waals surface area contributed by atoms with Crippen LogP contribution in [-0.2, 0) is 11.3 Å². The molecule has 0 aliphatic carbocycles. The highest BCUT2D eigenvalue weighted by molar-refractivity contribution is 7.17. The first-order valence-electron chi connectivity index (χ1n) is 9.51. The van der Waals surface area contributed by atoms with E-state index in [-0.39, 0.29) is 18.0 Å². The summed E-state index contributed by atoms with van der Waals surface area (Å²) in [7, 11) is 1.68. The molecule has 6 nitrogen and oxygen atoms in total. The average molecular weight is 420 g/mol. The lowest BCUT2D eigenvalue weighted by Crippen LogP contribution is -2.42. The lowest BCUT2D eigenvalue weighted by Gasteiger charge is -2.19. The lowest BCUT2D eigenvalue weighted by molar-refractivity contribution is -0.118. The Hall–Kier alpha value is -3.45. The third-order valence-electron chi connectivity index (χ3n) is 5.17. The van der Waals surface area contributed by atoms with Gasteiger partial charge in [-0.2, -0.15) is 0 Å². The molecule has 0 aliphatic rings. The van der Waals surface area contributed by atoms with Crippen molar-refractivity contribution in [3.05, 3.63) is 91.9 Å². The van der Waals surface area contributed by atoms with E-state index < -0.39 is 5.69 Å². The fourth-order valence-corrected chi connectivity index (χ4v) is 4.31. The number of amides is 1. The highest BCUT2D eigenvalue weighted by atomic mass is 32.1. The first-order valence-corrected chi connectivity index (χ1v) is 10.4. The summed E-state index contributed by atoms with van der Waals surface area (Å²) < 4.78 is 2.99. The summed E-state index contributed by atoms with van der Waals surface area (Å²) in [5.74, 6) is -0.245. The second-order valence-electron chi connectivity index (χ2n) is 7.22. The van der Waals surface area contributed by atoms with E-state index in [1.165, 1.54) is 20.8 Å². The molecule has 7 heteroatoms. The van der Waals surface area contributed by atoms with E-state index in [4.69, 9.17) is 0 Å². The molecule has 4 aromatic rings. The summed E-state index contributed by atoms with van der Waals surface area (Å²) in [6.07, 6.45) is 0. The Morgan fingerprint density at radius 2 is 1.80 bits per heavy atom. The molecule has 0 bridgehead atoms. The second kappa shape index (κ2) is 7.76. The van der Waals surface area contributed by atoms with Gasteiger partial charge < -0.3 is 4.90 Å². The maximum atomic E-state index is 13.4. The van der Waals surface area contributed by atoms with E-state index in [2.05, 4.69) is 0 Å². The van der Waals surface area contributed by atoms with Crippen LogP contribution in [0.1, 0.15) is 11.1 Å². The third-order valence-corrected chi connectivity index (χ3v) is 6.06. The van der Waals surface area contributed by atoms with Crippen LogP contribution in [0, 0.1) is 13.8 Å². The smallest absolute Gasteiger partial charge is 0.314 e. The summed E-state index contributed by atoms with van der Waals surface area (Å²) in [5.41, 5.74) is 2.71. The van der Waals surface area contributed by atoms with E-state index in [1.807, 2.05) is 50.2 Å². The molecule has 0 saturated heterocycles. The van der Waals surface area contributed by atoms with Gasteiger partial charge in [-0.05, 0) is 54.6 Å². The van der Waals surface area contributed by atoms with Gasteiger partial charge in [0.15, 0.2) is 0 Å². The zero-order valence-corrected chi connectivity index (χ0v) is 17.8. The Labute approximate surface area is 177 Å². The number of hydrogen-bond donors (Lipinski definition) is 0. The monoisotopic (exact) mass is 419 g/mol. The van der Waals surface area contributed by atoms with E-state index >= 15 is 0 Å². The molecule has 2 heterocycles. The molecule has 0 radical (unpaired) electrons. The van der Waals surface area contributed by atoms with Crippen molar-refractivity contribution in [3.8, 4) is 5.69 Å². The molecule has 152 valence electrons. The Balaban J connectivity index is 1.84. The molecule has 1 amide bonds. The molecular weight excluding hydrogens is 398 g/mol. The number of carbonyl (C=O) groups is 1. The molecule has 4 rings (SSSR count). The molecule has 0 aliphatic heterocycles. The Morgan fingerprint density at radius 1 is 1.03 bits per heavy atom. The molecule has 0 unspecified atom stereocenters. The van der Waals surface area contributed by atoms with E-state index in [1.54, 1.807) is 30.6 Å². The highest BCUT2D eigenvalue weighted by Gasteiger charge is 2.20. The Morgan fingerprint density at radius 3 is 2.53 bits per heavy atom. The van der Waals surface area contributed by atoms with Gasteiger partial charge in [0.05, 0.1) is 11.2 Å². The van der Waals surface area contributed by atoms with Crippen molar-refractivity contribution in [2.45, 2.75) is 20.4 Å². The minimum absolute atomic E-state index is 0.164. The number of para-hydroxylation sites is 1. The van der Waals surface area contributed by atoms with Crippen molar-refractivity contribution in [1.29, 1.82) is 0 Å². The molecule has 0 spiro atoms. The van der Waals surface area contributed by atoms with Gasteiger partial charge in [-0.25, -0.2) is 9.36 Å².